The lowest BCUT2D eigenvalue weighted by Gasteiger charge is -2.25. The molecule has 3 aromatic rings. The number of nitrogens with zero attached hydrogens (tertiary/aromatic N) is 2. The molecular weight excluding hydrogens is 334 g/mol. The van der Waals surface area contributed by atoms with Gasteiger partial charge in [-0.3, -0.25) is 9.78 Å². The summed E-state index contributed by atoms with van der Waals surface area (Å²) in [5.74, 6) is 1.92. The molecule has 2 aromatic carbocycles. The average molecular weight is 349 g/mol. The fourth-order valence-corrected chi connectivity index (χ4v) is 2.44. The normalized spacial score (nSPS) is 15.2. The van der Waals surface area contributed by atoms with Crippen LogP contribution < -0.4 is 19.5 Å². The molecule has 1 amide bonds. The third-order valence-electron chi connectivity index (χ3n) is 3.68. The molecule has 0 aliphatic carbocycles. The standard InChI is InChI=1S/C19H15N3O4/c23-19(17-12-24-15-3-1-2-4-16(15)26-17)22-13-5-7-14(8-6-13)25-18-11-20-9-10-21-18/h1-11,17H,12H2,(H,22,23)/t17-/m0/s1. The number of hydrogen-bond donors (Lipinski definition) is 1. The van der Waals surface area contributed by atoms with Gasteiger partial charge < -0.3 is 19.5 Å². The first-order chi connectivity index (χ1) is 12.8. The summed E-state index contributed by atoms with van der Waals surface area (Å²) < 4.78 is 16.8. The van der Waals surface area contributed by atoms with E-state index in [0.29, 0.717) is 28.8 Å². The average Bonchev–Trinajstić information content (AvgIpc) is 2.70. The number of nitrogens with one attached hydrogen (secondary N) is 1. The number of hydrogen-bond acceptors (Lipinski definition) is 6. The van der Waals surface area contributed by atoms with E-state index < -0.39 is 6.10 Å². The number of fused-ring (bicyclic) bond motifs is 1. The van der Waals surface area contributed by atoms with E-state index in [1.165, 1.54) is 6.20 Å². The molecule has 1 aliphatic heterocycles. The molecule has 4 rings (SSSR count). The molecule has 26 heavy (non-hydrogen) atoms. The van der Waals surface area contributed by atoms with Crippen LogP contribution in [0.15, 0.2) is 67.1 Å². The van der Waals surface area contributed by atoms with Gasteiger partial charge in [-0.2, -0.15) is 0 Å². The van der Waals surface area contributed by atoms with Crippen molar-refractivity contribution in [2.24, 2.45) is 0 Å². The Morgan fingerprint density at radius 1 is 1.08 bits per heavy atom. The molecule has 2 heterocycles. The van der Waals surface area contributed by atoms with Gasteiger partial charge in [0.1, 0.15) is 12.4 Å². The van der Waals surface area contributed by atoms with Crippen molar-refractivity contribution in [3.05, 3.63) is 67.1 Å². The van der Waals surface area contributed by atoms with Crippen LogP contribution in [0.4, 0.5) is 5.69 Å². The lowest BCUT2D eigenvalue weighted by molar-refractivity contribution is -0.125. The van der Waals surface area contributed by atoms with Crippen LogP contribution in [0.5, 0.6) is 23.1 Å². The Bertz CT molecular complexity index is 900. The van der Waals surface area contributed by atoms with Crippen molar-refractivity contribution in [2.45, 2.75) is 6.10 Å². The number of aromatic nitrogens is 2. The smallest absolute Gasteiger partial charge is 0.269 e. The second kappa shape index (κ2) is 7.10. The molecule has 7 nitrogen and oxygen atoms in total. The molecule has 7 heteroatoms. The van der Waals surface area contributed by atoms with Gasteiger partial charge in [0, 0.05) is 18.1 Å². The molecule has 130 valence electrons. The minimum absolute atomic E-state index is 0.163. The number of amides is 1. The summed E-state index contributed by atoms with van der Waals surface area (Å²) >= 11 is 0. The van der Waals surface area contributed by atoms with Gasteiger partial charge >= 0.3 is 0 Å². The van der Waals surface area contributed by atoms with Gasteiger partial charge in [0.05, 0.1) is 6.20 Å². The number of para-hydroxylation sites is 2. The van der Waals surface area contributed by atoms with E-state index >= 15 is 0 Å². The van der Waals surface area contributed by atoms with Gasteiger partial charge in [0.15, 0.2) is 11.5 Å². The first-order valence-corrected chi connectivity index (χ1v) is 8.01. The van der Waals surface area contributed by atoms with E-state index in [9.17, 15) is 4.79 Å². The molecule has 0 radical (unpaired) electrons. The highest BCUT2D eigenvalue weighted by molar-refractivity contribution is 5.94. The van der Waals surface area contributed by atoms with E-state index in [-0.39, 0.29) is 12.5 Å². The van der Waals surface area contributed by atoms with Crippen molar-refractivity contribution in [1.29, 1.82) is 0 Å². The van der Waals surface area contributed by atoms with Crippen LogP contribution in [0.1, 0.15) is 0 Å². The molecule has 0 saturated carbocycles. The first kappa shape index (κ1) is 15.9. The Kier molecular flexibility index (Phi) is 4.34. The quantitative estimate of drug-likeness (QED) is 0.779. The van der Waals surface area contributed by atoms with Crippen molar-refractivity contribution >= 4 is 11.6 Å². The van der Waals surface area contributed by atoms with Crippen molar-refractivity contribution in [1.82, 2.24) is 9.97 Å². The number of carbonyl (C=O) groups excluding carboxylic acids is 1. The third kappa shape index (κ3) is 3.56. The number of anilines is 1. The first-order valence-electron chi connectivity index (χ1n) is 8.01. The zero-order valence-corrected chi connectivity index (χ0v) is 13.7. The van der Waals surface area contributed by atoms with E-state index in [0.717, 1.165) is 0 Å². The van der Waals surface area contributed by atoms with Gasteiger partial charge in [-0.15, -0.1) is 0 Å². The summed E-state index contributed by atoms with van der Waals surface area (Å²) in [6, 6.07) is 14.2. The number of rotatable bonds is 4. The highest BCUT2D eigenvalue weighted by Crippen LogP contribution is 2.31. The van der Waals surface area contributed by atoms with Crippen LogP contribution in [0.25, 0.3) is 0 Å². The fraction of sp³-hybridized carbons (Fsp3) is 0.105. The van der Waals surface area contributed by atoms with Gasteiger partial charge in [-0.25, -0.2) is 4.98 Å². The van der Waals surface area contributed by atoms with Crippen LogP contribution in [-0.2, 0) is 4.79 Å². The SMILES string of the molecule is O=C(Nc1ccc(Oc2cnccn2)cc1)[C@@H]1COc2ccccc2O1. The number of benzene rings is 2. The van der Waals surface area contributed by atoms with Crippen molar-refractivity contribution in [2.75, 3.05) is 11.9 Å². The Morgan fingerprint density at radius 3 is 2.65 bits per heavy atom. The monoisotopic (exact) mass is 349 g/mol. The molecule has 1 aliphatic rings. The molecule has 0 unspecified atom stereocenters. The number of carbonyl (C=O) groups is 1. The summed E-state index contributed by atoms with van der Waals surface area (Å²) in [6.07, 6.45) is 3.93. The van der Waals surface area contributed by atoms with Crippen molar-refractivity contribution in [3.8, 4) is 23.1 Å². The Morgan fingerprint density at radius 2 is 1.88 bits per heavy atom. The largest absolute Gasteiger partial charge is 0.485 e. The van der Waals surface area contributed by atoms with Crippen LogP contribution in [0.2, 0.25) is 0 Å². The maximum Gasteiger partial charge on any atom is 0.269 e. The Labute approximate surface area is 149 Å². The molecule has 0 fully saturated rings. The highest BCUT2D eigenvalue weighted by Gasteiger charge is 2.27. The maximum absolute atomic E-state index is 12.4. The molecular formula is C19H15N3O4. The van der Waals surface area contributed by atoms with Gasteiger partial charge in [0.2, 0.25) is 12.0 Å². The summed E-state index contributed by atoms with van der Waals surface area (Å²) in [6.45, 7) is 0.163. The van der Waals surface area contributed by atoms with Crippen LogP contribution in [0, 0.1) is 0 Å². The predicted octanol–water partition coefficient (Wildman–Crippen LogP) is 3.05. The van der Waals surface area contributed by atoms with Crippen LogP contribution in [-0.4, -0.2) is 28.6 Å². The van der Waals surface area contributed by atoms with Crippen LogP contribution in [0.3, 0.4) is 0 Å². The minimum Gasteiger partial charge on any atom is -0.485 e. The minimum atomic E-state index is -0.708. The molecule has 1 aromatic heterocycles. The zero-order chi connectivity index (χ0) is 17.8. The van der Waals surface area contributed by atoms with Crippen molar-refractivity contribution < 1.29 is 19.0 Å². The third-order valence-corrected chi connectivity index (χ3v) is 3.68. The second-order valence-corrected chi connectivity index (χ2v) is 5.52. The van der Waals surface area contributed by atoms with Gasteiger partial charge in [0.25, 0.3) is 5.91 Å². The lowest BCUT2D eigenvalue weighted by atomic mass is 10.2. The summed E-state index contributed by atoms with van der Waals surface area (Å²) in [7, 11) is 0. The predicted molar refractivity (Wildman–Crippen MR) is 93.5 cm³/mol. The summed E-state index contributed by atoms with van der Waals surface area (Å²) in [4.78, 5) is 20.4. The summed E-state index contributed by atoms with van der Waals surface area (Å²) in [5.41, 5.74) is 0.629. The molecule has 1 N–H and O–H groups in total. The van der Waals surface area contributed by atoms with E-state index in [4.69, 9.17) is 14.2 Å². The summed E-state index contributed by atoms with van der Waals surface area (Å²) in [5, 5.41) is 2.81. The van der Waals surface area contributed by atoms with Crippen LogP contribution >= 0.6 is 0 Å². The topological polar surface area (TPSA) is 82.6 Å². The van der Waals surface area contributed by atoms with E-state index in [1.54, 1.807) is 48.8 Å². The fourth-order valence-electron chi connectivity index (χ4n) is 2.44. The van der Waals surface area contributed by atoms with E-state index in [2.05, 4.69) is 15.3 Å². The Balaban J connectivity index is 1.37. The molecule has 0 spiro atoms. The zero-order valence-electron chi connectivity index (χ0n) is 13.7. The number of ether oxygens (including phenoxy) is 3. The maximum atomic E-state index is 12.4. The highest BCUT2D eigenvalue weighted by atomic mass is 16.6. The van der Waals surface area contributed by atoms with Crippen molar-refractivity contribution in [3.63, 3.8) is 0 Å². The van der Waals surface area contributed by atoms with Gasteiger partial charge in [-0.05, 0) is 36.4 Å². The molecule has 1 atom stereocenters. The van der Waals surface area contributed by atoms with Gasteiger partial charge in [-0.1, -0.05) is 12.1 Å². The molecule has 0 bridgehead atoms. The second-order valence-electron chi connectivity index (χ2n) is 5.52. The Hall–Kier alpha value is -3.61. The lowest BCUT2D eigenvalue weighted by Crippen LogP contribution is -2.40. The van der Waals surface area contributed by atoms with E-state index in [1.807, 2.05) is 12.1 Å². The molecule has 0 saturated heterocycles.